The number of anilines is 2. The Morgan fingerprint density at radius 1 is 1.35 bits per heavy atom. The Bertz CT molecular complexity index is 838. The van der Waals surface area contributed by atoms with Crippen molar-refractivity contribution in [1.29, 1.82) is 0 Å². The summed E-state index contributed by atoms with van der Waals surface area (Å²) in [4.78, 5) is 16.8. The van der Waals surface area contributed by atoms with Crippen LogP contribution in [0.4, 0.5) is 11.5 Å². The number of aromatic nitrogens is 1. The van der Waals surface area contributed by atoms with Gasteiger partial charge in [0, 0.05) is 25.3 Å². The van der Waals surface area contributed by atoms with E-state index in [-0.39, 0.29) is 11.7 Å². The highest BCUT2D eigenvalue weighted by molar-refractivity contribution is 6.07. The lowest BCUT2D eigenvalue weighted by molar-refractivity contribution is 0.102. The van der Waals surface area contributed by atoms with E-state index in [4.69, 9.17) is 15.2 Å². The molecule has 3 N–H and O–H groups in total. The molecular formula is C20H23N3O3. The molecule has 2 rings (SSSR count). The summed E-state index contributed by atoms with van der Waals surface area (Å²) >= 11 is 0. The summed E-state index contributed by atoms with van der Waals surface area (Å²) in [6.07, 6.45) is 0.655. The summed E-state index contributed by atoms with van der Waals surface area (Å²) < 4.78 is 10.7. The van der Waals surface area contributed by atoms with Crippen molar-refractivity contribution in [2.75, 3.05) is 24.8 Å². The van der Waals surface area contributed by atoms with Gasteiger partial charge in [-0.15, -0.1) is 11.8 Å². The Kier molecular flexibility index (Phi) is 7.01. The number of nitrogens with zero attached hydrogens (tertiary/aromatic N) is 1. The van der Waals surface area contributed by atoms with Crippen molar-refractivity contribution in [3.8, 4) is 17.6 Å². The van der Waals surface area contributed by atoms with Gasteiger partial charge in [-0.1, -0.05) is 6.07 Å². The normalized spacial score (nSPS) is 9.96. The molecule has 0 bridgehead atoms. The molecule has 0 saturated heterocycles. The maximum Gasteiger partial charge on any atom is 0.259 e. The van der Waals surface area contributed by atoms with Crippen LogP contribution in [0.2, 0.25) is 0 Å². The van der Waals surface area contributed by atoms with Gasteiger partial charge in [-0.3, -0.25) is 4.79 Å². The number of rotatable bonds is 7. The molecule has 1 heterocycles. The molecule has 0 fully saturated rings. The Balaban J connectivity index is 2.09. The van der Waals surface area contributed by atoms with Crippen molar-refractivity contribution in [2.24, 2.45) is 0 Å². The van der Waals surface area contributed by atoms with E-state index in [1.807, 2.05) is 19.1 Å². The number of carbonyl (C=O) groups is 1. The molecule has 0 aliphatic carbocycles. The smallest absolute Gasteiger partial charge is 0.259 e. The molecular weight excluding hydrogens is 330 g/mol. The number of nitrogen functional groups attached to an aromatic ring is 1. The molecule has 0 aliphatic rings. The van der Waals surface area contributed by atoms with Gasteiger partial charge in [0.15, 0.2) is 0 Å². The topological polar surface area (TPSA) is 86.5 Å². The number of amides is 1. The van der Waals surface area contributed by atoms with Crippen LogP contribution in [0, 0.1) is 18.8 Å². The zero-order valence-electron chi connectivity index (χ0n) is 15.3. The Morgan fingerprint density at radius 3 is 2.88 bits per heavy atom. The maximum atomic E-state index is 12.5. The first kappa shape index (κ1) is 19.3. The number of aryl methyl sites for hydroxylation is 1. The second-order valence-electron chi connectivity index (χ2n) is 5.62. The predicted molar refractivity (Wildman–Crippen MR) is 102 cm³/mol. The molecule has 6 nitrogen and oxygen atoms in total. The van der Waals surface area contributed by atoms with Crippen LogP contribution in [0.1, 0.15) is 35.0 Å². The highest BCUT2D eigenvalue weighted by Crippen LogP contribution is 2.20. The van der Waals surface area contributed by atoms with Gasteiger partial charge < -0.3 is 20.5 Å². The molecule has 1 amide bonds. The lowest BCUT2D eigenvalue weighted by atomic mass is 10.1. The van der Waals surface area contributed by atoms with Crippen molar-refractivity contribution < 1.29 is 14.3 Å². The Labute approximate surface area is 153 Å². The van der Waals surface area contributed by atoms with Crippen molar-refractivity contribution in [2.45, 2.75) is 26.9 Å². The van der Waals surface area contributed by atoms with Crippen molar-refractivity contribution in [3.05, 3.63) is 47.2 Å². The summed E-state index contributed by atoms with van der Waals surface area (Å²) in [5.41, 5.74) is 8.44. The summed E-state index contributed by atoms with van der Waals surface area (Å²) in [6.45, 7) is 4.50. The van der Waals surface area contributed by atoms with Crippen molar-refractivity contribution in [3.63, 3.8) is 0 Å². The molecule has 1 aromatic carbocycles. The number of nitrogens with two attached hydrogens (primary N) is 1. The van der Waals surface area contributed by atoms with E-state index in [0.29, 0.717) is 42.3 Å². The number of benzene rings is 1. The minimum absolute atomic E-state index is 0.172. The maximum absolute atomic E-state index is 12.5. The number of nitrogens with one attached hydrogen (secondary N) is 1. The van der Waals surface area contributed by atoms with Crippen molar-refractivity contribution >= 4 is 17.4 Å². The third-order valence-electron chi connectivity index (χ3n) is 3.64. The summed E-state index contributed by atoms with van der Waals surface area (Å²) in [6, 6.07) is 8.90. The minimum Gasteiger partial charge on any atom is -0.493 e. The van der Waals surface area contributed by atoms with Gasteiger partial charge >= 0.3 is 0 Å². The molecule has 2 aromatic rings. The molecule has 0 unspecified atom stereocenters. The van der Waals surface area contributed by atoms with Gasteiger partial charge in [-0.25, -0.2) is 4.98 Å². The van der Waals surface area contributed by atoms with Crippen LogP contribution in [-0.2, 0) is 11.3 Å². The summed E-state index contributed by atoms with van der Waals surface area (Å²) in [5, 5.41) is 2.82. The fourth-order valence-corrected chi connectivity index (χ4v) is 2.34. The Hall–Kier alpha value is -3.04. The highest BCUT2D eigenvalue weighted by Gasteiger charge is 2.14. The van der Waals surface area contributed by atoms with E-state index < -0.39 is 0 Å². The molecule has 26 heavy (non-hydrogen) atoms. The summed E-state index contributed by atoms with van der Waals surface area (Å²) in [7, 11) is 1.59. The molecule has 0 atom stereocenters. The van der Waals surface area contributed by atoms with E-state index in [0.717, 1.165) is 5.56 Å². The molecule has 0 aliphatic heterocycles. The average molecular weight is 353 g/mol. The van der Waals surface area contributed by atoms with E-state index in [2.05, 4.69) is 22.1 Å². The van der Waals surface area contributed by atoms with Gasteiger partial charge in [0.25, 0.3) is 5.91 Å². The first-order chi connectivity index (χ1) is 12.5. The average Bonchev–Trinajstić information content (AvgIpc) is 2.62. The number of methoxy groups -OCH3 is 1. The first-order valence-electron chi connectivity index (χ1n) is 8.24. The SMILES string of the molecule is CC#CCCOc1cccc(NC(=O)c2cc(C)c(COC)nc2N)c1. The van der Waals surface area contributed by atoms with Crippen LogP contribution in [0.3, 0.4) is 0 Å². The van der Waals surface area contributed by atoms with Gasteiger partial charge in [0.05, 0.1) is 24.5 Å². The molecule has 1 aromatic heterocycles. The predicted octanol–water partition coefficient (Wildman–Crippen LogP) is 3.16. The van der Waals surface area contributed by atoms with Crippen LogP contribution in [0.25, 0.3) is 0 Å². The monoisotopic (exact) mass is 353 g/mol. The minimum atomic E-state index is -0.323. The highest BCUT2D eigenvalue weighted by atomic mass is 16.5. The number of carbonyl (C=O) groups excluding carboxylic acids is 1. The van der Waals surface area contributed by atoms with Crippen molar-refractivity contribution in [1.82, 2.24) is 4.98 Å². The van der Waals surface area contributed by atoms with Crippen LogP contribution < -0.4 is 15.8 Å². The molecule has 136 valence electrons. The molecule has 0 radical (unpaired) electrons. The van der Waals surface area contributed by atoms with E-state index in [1.165, 1.54) is 0 Å². The molecule has 0 saturated carbocycles. The van der Waals surface area contributed by atoms with Crippen LogP contribution in [0.5, 0.6) is 5.75 Å². The largest absolute Gasteiger partial charge is 0.493 e. The number of pyridine rings is 1. The fourth-order valence-electron chi connectivity index (χ4n) is 2.34. The standard InChI is InChI=1S/C20H23N3O3/c1-4-5-6-10-26-16-9-7-8-15(12-16)22-20(24)17-11-14(2)18(13-25-3)23-19(17)21/h7-9,11-12H,6,10,13H2,1-3H3,(H2,21,23)(H,22,24). The van der Waals surface area contributed by atoms with Crippen LogP contribution in [-0.4, -0.2) is 24.6 Å². The second kappa shape index (κ2) is 9.44. The number of ether oxygens (including phenoxy) is 2. The zero-order chi connectivity index (χ0) is 18.9. The van der Waals surface area contributed by atoms with E-state index >= 15 is 0 Å². The second-order valence-corrected chi connectivity index (χ2v) is 5.62. The van der Waals surface area contributed by atoms with Gasteiger partial charge in [-0.2, -0.15) is 0 Å². The summed E-state index contributed by atoms with van der Waals surface area (Å²) in [5.74, 6) is 6.27. The Morgan fingerprint density at radius 2 is 2.15 bits per heavy atom. The zero-order valence-corrected chi connectivity index (χ0v) is 15.3. The lowest BCUT2D eigenvalue weighted by Gasteiger charge is -2.12. The van der Waals surface area contributed by atoms with E-state index in [1.54, 1.807) is 32.2 Å². The van der Waals surface area contributed by atoms with Gasteiger partial charge in [0.2, 0.25) is 0 Å². The quantitative estimate of drug-likeness (QED) is 0.590. The van der Waals surface area contributed by atoms with E-state index in [9.17, 15) is 4.79 Å². The third kappa shape index (κ3) is 5.23. The fraction of sp³-hybridized carbons (Fsp3) is 0.300. The lowest BCUT2D eigenvalue weighted by Crippen LogP contribution is -2.16. The third-order valence-corrected chi connectivity index (χ3v) is 3.64. The van der Waals surface area contributed by atoms with Gasteiger partial charge in [-0.05, 0) is 37.6 Å². The molecule has 0 spiro atoms. The van der Waals surface area contributed by atoms with Gasteiger partial charge in [0.1, 0.15) is 11.6 Å². The number of hydrogen-bond acceptors (Lipinski definition) is 5. The van der Waals surface area contributed by atoms with Crippen LogP contribution >= 0.6 is 0 Å². The van der Waals surface area contributed by atoms with Crippen LogP contribution in [0.15, 0.2) is 30.3 Å². The number of hydrogen-bond donors (Lipinski definition) is 2. The first-order valence-corrected chi connectivity index (χ1v) is 8.24. The molecule has 6 heteroatoms.